The maximum atomic E-state index is 13.0. The Bertz CT molecular complexity index is 681. The van der Waals surface area contributed by atoms with Gasteiger partial charge < -0.3 is 15.2 Å². The molecule has 0 radical (unpaired) electrons. The zero-order chi connectivity index (χ0) is 19.9. The molecule has 0 aromatic heterocycles. The van der Waals surface area contributed by atoms with Crippen molar-refractivity contribution in [1.82, 2.24) is 5.32 Å². The maximum Gasteiger partial charge on any atom is 0.312 e. The molecule has 4 atom stereocenters. The molecule has 0 spiro atoms. The van der Waals surface area contributed by atoms with Crippen LogP contribution in [0, 0.1) is 40.4 Å². The molecule has 1 amide bonds. The molecule has 0 aromatic carbocycles. The van der Waals surface area contributed by atoms with Gasteiger partial charge in [-0.15, -0.1) is 0 Å². The molecule has 5 nitrogen and oxygen atoms in total. The third-order valence-corrected chi connectivity index (χ3v) is 9.62. The average Bonchev–Trinajstić information content (AvgIpc) is 2.61. The highest BCUT2D eigenvalue weighted by atomic mass is 16.5. The van der Waals surface area contributed by atoms with Crippen LogP contribution in [-0.4, -0.2) is 35.7 Å². The lowest BCUT2D eigenvalue weighted by Crippen LogP contribution is -2.58. The number of esters is 1. The maximum absolute atomic E-state index is 13.0. The quantitative estimate of drug-likeness (QED) is 0.694. The fourth-order valence-electron chi connectivity index (χ4n) is 9.58. The molecular formula is C24H35NO4. The summed E-state index contributed by atoms with van der Waals surface area (Å²) in [6.07, 6.45) is 13.0. The standard InChI is InChI=1S/C24H35NO4/c26-20(25-14-22-5-15-1-16(6-22)3-17(2-15)7-22)12-29-21(27)23-8-18-4-19(9-23)11-24(28,10-18)13-23/h15-19,28H,1-14H2,(H,25,26)/t15?,16?,17?,18-,19+,22?,23?,24?. The molecule has 0 saturated heterocycles. The first-order chi connectivity index (χ1) is 13.8. The van der Waals surface area contributed by atoms with Crippen molar-refractivity contribution in [3.05, 3.63) is 0 Å². The minimum absolute atomic E-state index is 0.155. The van der Waals surface area contributed by atoms with Gasteiger partial charge in [-0.25, -0.2) is 0 Å². The summed E-state index contributed by atoms with van der Waals surface area (Å²) in [6, 6.07) is 0. The molecule has 2 N–H and O–H groups in total. The van der Waals surface area contributed by atoms with Crippen LogP contribution in [0.4, 0.5) is 0 Å². The summed E-state index contributed by atoms with van der Waals surface area (Å²) in [6.45, 7) is 0.586. The molecule has 0 heterocycles. The second-order valence-corrected chi connectivity index (χ2v) is 12.2. The van der Waals surface area contributed by atoms with Gasteiger partial charge in [-0.2, -0.15) is 0 Å². The lowest BCUT2D eigenvalue weighted by molar-refractivity contribution is -0.196. The van der Waals surface area contributed by atoms with E-state index in [1.807, 2.05) is 0 Å². The first-order valence-electron chi connectivity index (χ1n) is 12.0. The van der Waals surface area contributed by atoms with Crippen LogP contribution in [0.5, 0.6) is 0 Å². The van der Waals surface area contributed by atoms with E-state index in [4.69, 9.17) is 4.74 Å². The first kappa shape index (κ1) is 18.7. The van der Waals surface area contributed by atoms with Crippen molar-refractivity contribution in [2.24, 2.45) is 40.4 Å². The number of amides is 1. The topological polar surface area (TPSA) is 75.6 Å². The van der Waals surface area contributed by atoms with E-state index in [0.717, 1.165) is 56.4 Å². The molecular weight excluding hydrogens is 366 g/mol. The van der Waals surface area contributed by atoms with Crippen molar-refractivity contribution in [2.75, 3.05) is 13.2 Å². The fourth-order valence-corrected chi connectivity index (χ4v) is 9.58. The van der Waals surface area contributed by atoms with Crippen molar-refractivity contribution < 1.29 is 19.4 Å². The van der Waals surface area contributed by atoms with E-state index in [-0.39, 0.29) is 18.5 Å². The van der Waals surface area contributed by atoms with Gasteiger partial charge in [0, 0.05) is 6.54 Å². The molecule has 0 aromatic rings. The predicted molar refractivity (Wildman–Crippen MR) is 107 cm³/mol. The number of carbonyl (C=O) groups is 2. The van der Waals surface area contributed by atoms with E-state index >= 15 is 0 Å². The number of aliphatic hydroxyl groups is 1. The Kier molecular flexibility index (Phi) is 3.99. The molecule has 8 aliphatic carbocycles. The van der Waals surface area contributed by atoms with E-state index in [1.165, 1.54) is 38.5 Å². The smallest absolute Gasteiger partial charge is 0.312 e. The molecule has 5 heteroatoms. The Labute approximate surface area is 173 Å². The van der Waals surface area contributed by atoms with Crippen molar-refractivity contribution in [3.8, 4) is 0 Å². The van der Waals surface area contributed by atoms with Crippen LogP contribution in [0.15, 0.2) is 0 Å². The van der Waals surface area contributed by atoms with Crippen LogP contribution in [0.1, 0.15) is 77.0 Å². The molecule has 8 aliphatic rings. The predicted octanol–water partition coefficient (Wildman–Crippen LogP) is 3.19. The van der Waals surface area contributed by atoms with Crippen LogP contribution in [0.25, 0.3) is 0 Å². The lowest BCUT2D eigenvalue weighted by atomic mass is 9.48. The Morgan fingerprint density at radius 1 is 0.828 bits per heavy atom. The molecule has 8 saturated carbocycles. The van der Waals surface area contributed by atoms with Gasteiger partial charge in [0.25, 0.3) is 5.91 Å². The molecule has 29 heavy (non-hydrogen) atoms. The Morgan fingerprint density at radius 2 is 1.38 bits per heavy atom. The summed E-state index contributed by atoms with van der Waals surface area (Å²) in [4.78, 5) is 25.4. The number of rotatable bonds is 5. The minimum Gasteiger partial charge on any atom is -0.455 e. The average molecular weight is 402 g/mol. The number of ether oxygens (including phenoxy) is 1. The van der Waals surface area contributed by atoms with Crippen LogP contribution in [0.2, 0.25) is 0 Å². The van der Waals surface area contributed by atoms with Crippen LogP contribution >= 0.6 is 0 Å². The highest BCUT2D eigenvalue weighted by Crippen LogP contribution is 2.62. The van der Waals surface area contributed by atoms with Crippen LogP contribution < -0.4 is 5.32 Å². The number of hydrogen-bond donors (Lipinski definition) is 2. The van der Waals surface area contributed by atoms with Crippen LogP contribution in [-0.2, 0) is 14.3 Å². The third kappa shape index (κ3) is 3.14. The summed E-state index contributed by atoms with van der Waals surface area (Å²) < 4.78 is 5.54. The Morgan fingerprint density at radius 3 is 1.93 bits per heavy atom. The second kappa shape index (κ2) is 6.21. The van der Waals surface area contributed by atoms with Crippen LogP contribution in [0.3, 0.4) is 0 Å². The fraction of sp³-hybridized carbons (Fsp3) is 0.917. The van der Waals surface area contributed by atoms with E-state index in [0.29, 0.717) is 23.7 Å². The van der Waals surface area contributed by atoms with Gasteiger partial charge in [0.15, 0.2) is 6.61 Å². The van der Waals surface area contributed by atoms with Crippen molar-refractivity contribution in [3.63, 3.8) is 0 Å². The SMILES string of the molecule is O=C(COC(=O)C12C[C@@H]3C[C@@H](CC(O)(C3)C1)C2)NCC12CC3CC(CC(C3)C1)C2. The number of nitrogens with one attached hydrogen (secondary N) is 1. The first-order valence-corrected chi connectivity index (χ1v) is 12.0. The van der Waals surface area contributed by atoms with Gasteiger partial charge in [0.05, 0.1) is 11.0 Å². The molecule has 8 bridgehead atoms. The number of carbonyl (C=O) groups excluding carboxylic acids is 2. The van der Waals surface area contributed by atoms with E-state index < -0.39 is 11.0 Å². The summed E-state index contributed by atoms with van der Waals surface area (Å²) in [5, 5.41) is 14.0. The largest absolute Gasteiger partial charge is 0.455 e. The van der Waals surface area contributed by atoms with Crippen molar-refractivity contribution in [2.45, 2.75) is 82.7 Å². The second-order valence-electron chi connectivity index (χ2n) is 12.2. The molecule has 8 rings (SSSR count). The summed E-state index contributed by atoms with van der Waals surface area (Å²) in [7, 11) is 0. The molecule has 2 unspecified atom stereocenters. The Hall–Kier alpha value is -1.10. The summed E-state index contributed by atoms with van der Waals surface area (Å²) in [5.74, 6) is 3.11. The zero-order valence-corrected chi connectivity index (χ0v) is 17.5. The van der Waals surface area contributed by atoms with E-state index in [9.17, 15) is 14.7 Å². The summed E-state index contributed by atoms with van der Waals surface area (Å²) in [5.41, 5.74) is -0.916. The monoisotopic (exact) mass is 401 g/mol. The minimum atomic E-state index is -0.677. The lowest BCUT2D eigenvalue weighted by Gasteiger charge is -2.58. The normalized spacial score (nSPS) is 51.3. The van der Waals surface area contributed by atoms with Gasteiger partial charge in [-0.3, -0.25) is 9.59 Å². The molecule has 160 valence electrons. The third-order valence-electron chi connectivity index (χ3n) is 9.62. The van der Waals surface area contributed by atoms with Crippen molar-refractivity contribution >= 4 is 11.9 Å². The Balaban J connectivity index is 1.03. The molecule has 8 fully saturated rings. The van der Waals surface area contributed by atoms with Gasteiger partial charge in [-0.05, 0) is 112 Å². The van der Waals surface area contributed by atoms with Gasteiger partial charge in [0.1, 0.15) is 0 Å². The van der Waals surface area contributed by atoms with Gasteiger partial charge in [0.2, 0.25) is 0 Å². The summed E-state index contributed by atoms with van der Waals surface area (Å²) >= 11 is 0. The van der Waals surface area contributed by atoms with Gasteiger partial charge in [-0.1, -0.05) is 0 Å². The molecule has 0 aliphatic heterocycles. The highest BCUT2D eigenvalue weighted by Gasteiger charge is 2.61. The highest BCUT2D eigenvalue weighted by molar-refractivity contribution is 5.83. The van der Waals surface area contributed by atoms with E-state index in [1.54, 1.807) is 0 Å². The zero-order valence-electron chi connectivity index (χ0n) is 17.5. The van der Waals surface area contributed by atoms with Crippen molar-refractivity contribution in [1.29, 1.82) is 0 Å². The van der Waals surface area contributed by atoms with Gasteiger partial charge >= 0.3 is 5.97 Å². The van der Waals surface area contributed by atoms with E-state index in [2.05, 4.69) is 5.32 Å². The number of hydrogen-bond acceptors (Lipinski definition) is 4.